The zero-order chi connectivity index (χ0) is 32.8. The van der Waals surface area contributed by atoms with Crippen LogP contribution in [0.15, 0.2) is 84.9 Å². The number of ether oxygens (including phenoxy) is 2. The number of likely N-dealkylation sites (tertiary alicyclic amines) is 1. The van der Waals surface area contributed by atoms with Crippen LogP contribution in [0.4, 0.5) is 0 Å². The van der Waals surface area contributed by atoms with Gasteiger partial charge in [0.1, 0.15) is 11.2 Å². The monoisotopic (exact) mass is 629 g/mol. The van der Waals surface area contributed by atoms with Crippen molar-refractivity contribution in [2.75, 3.05) is 80.7 Å². The summed E-state index contributed by atoms with van der Waals surface area (Å²) in [5, 5.41) is 0. The van der Waals surface area contributed by atoms with Crippen molar-refractivity contribution >= 4 is 5.91 Å². The largest absolute Gasteiger partial charge is 0.496 e. The van der Waals surface area contributed by atoms with Crippen LogP contribution in [-0.2, 0) is 21.6 Å². The van der Waals surface area contributed by atoms with Gasteiger partial charge in [0, 0.05) is 38.3 Å². The maximum absolute atomic E-state index is 13.4. The van der Waals surface area contributed by atoms with Crippen molar-refractivity contribution in [3.05, 3.63) is 102 Å². The predicted octanol–water partition coefficient (Wildman–Crippen LogP) is 5.57. The number of benzene rings is 3. The second-order valence-electron chi connectivity index (χ2n) is 13.7. The number of primary amides is 1. The Morgan fingerprint density at radius 1 is 0.891 bits per heavy atom. The van der Waals surface area contributed by atoms with Gasteiger partial charge in [-0.3, -0.25) is 9.69 Å². The SMILES string of the molecule is COc1ccccc1COCCCCCC[N+](C)(C)CCN(C)CCN1CCC(C(C(N)=O)(c2ccccc2)c2ccccc2)C1. The Morgan fingerprint density at radius 3 is 2.17 bits per heavy atom. The standard InChI is InChI=1S/C39H56N4O3/c1-41(27-29-43(2,3)28-15-5-6-16-30-46-32-33-17-13-14-22-37(33)45-4)25-26-42-24-23-36(31-42)39(38(40)44,34-18-9-7-10-19-34)35-20-11-8-12-21-35/h7-14,17-22,36H,5-6,15-16,23-32H2,1-4H3,(H-,40,44)/p+1. The summed E-state index contributed by atoms with van der Waals surface area (Å²) in [5.41, 5.74) is 8.56. The van der Waals surface area contributed by atoms with E-state index >= 15 is 0 Å². The minimum Gasteiger partial charge on any atom is -0.496 e. The number of quaternary nitrogens is 1. The highest BCUT2D eigenvalue weighted by atomic mass is 16.5. The Bertz CT molecular complexity index is 1280. The number of rotatable bonds is 20. The number of para-hydroxylation sites is 1. The van der Waals surface area contributed by atoms with Crippen LogP contribution >= 0.6 is 0 Å². The predicted molar refractivity (Wildman–Crippen MR) is 188 cm³/mol. The summed E-state index contributed by atoms with van der Waals surface area (Å²) in [5.74, 6) is 0.771. The lowest BCUT2D eigenvalue weighted by Gasteiger charge is -2.37. The van der Waals surface area contributed by atoms with Crippen molar-refractivity contribution in [1.82, 2.24) is 9.80 Å². The molecular weight excluding hydrogens is 572 g/mol. The summed E-state index contributed by atoms with van der Waals surface area (Å²) in [6.45, 7) is 8.66. The van der Waals surface area contributed by atoms with Crippen molar-refractivity contribution in [2.45, 2.75) is 44.1 Å². The van der Waals surface area contributed by atoms with Crippen LogP contribution in [0.5, 0.6) is 5.75 Å². The fraction of sp³-hybridized carbons (Fsp3) is 0.513. The Morgan fingerprint density at radius 2 is 1.52 bits per heavy atom. The average molecular weight is 630 g/mol. The quantitative estimate of drug-likeness (QED) is 0.131. The van der Waals surface area contributed by atoms with Gasteiger partial charge in [0.2, 0.25) is 5.91 Å². The number of hydrogen-bond acceptors (Lipinski definition) is 5. The zero-order valence-electron chi connectivity index (χ0n) is 28.7. The summed E-state index contributed by atoms with van der Waals surface area (Å²) in [4.78, 5) is 18.3. The van der Waals surface area contributed by atoms with Crippen molar-refractivity contribution < 1.29 is 18.8 Å². The molecule has 1 amide bonds. The Labute approximate surface area is 277 Å². The minimum atomic E-state index is -0.825. The zero-order valence-corrected chi connectivity index (χ0v) is 28.7. The molecule has 3 aromatic carbocycles. The Hall–Kier alpha value is -3.23. The lowest BCUT2D eigenvalue weighted by Crippen LogP contribution is -2.49. The summed E-state index contributed by atoms with van der Waals surface area (Å²) < 4.78 is 12.3. The Kier molecular flexibility index (Phi) is 13.6. The summed E-state index contributed by atoms with van der Waals surface area (Å²) in [7, 11) is 8.65. The molecule has 7 nitrogen and oxygen atoms in total. The van der Waals surface area contributed by atoms with Crippen LogP contribution in [0.25, 0.3) is 0 Å². The first-order chi connectivity index (χ1) is 22.3. The third kappa shape index (κ3) is 9.64. The molecule has 0 spiro atoms. The maximum Gasteiger partial charge on any atom is 0.232 e. The van der Waals surface area contributed by atoms with Gasteiger partial charge in [0.05, 0.1) is 40.9 Å². The van der Waals surface area contributed by atoms with E-state index in [0.29, 0.717) is 6.61 Å². The van der Waals surface area contributed by atoms with Gasteiger partial charge in [-0.05, 0) is 62.4 Å². The molecule has 1 fully saturated rings. The van der Waals surface area contributed by atoms with E-state index in [-0.39, 0.29) is 11.8 Å². The molecule has 1 atom stereocenters. The number of likely N-dealkylation sites (N-methyl/N-ethyl adjacent to an activating group) is 2. The van der Waals surface area contributed by atoms with Gasteiger partial charge < -0.3 is 24.6 Å². The van der Waals surface area contributed by atoms with Gasteiger partial charge in [-0.1, -0.05) is 85.3 Å². The van der Waals surface area contributed by atoms with Crippen LogP contribution in [0.3, 0.4) is 0 Å². The third-order valence-electron chi connectivity index (χ3n) is 9.87. The topological polar surface area (TPSA) is 68.0 Å². The molecule has 250 valence electrons. The van der Waals surface area contributed by atoms with Crippen molar-refractivity contribution in [3.63, 3.8) is 0 Å². The van der Waals surface area contributed by atoms with Gasteiger partial charge >= 0.3 is 0 Å². The number of carbonyl (C=O) groups is 1. The maximum atomic E-state index is 13.4. The van der Waals surface area contributed by atoms with E-state index in [1.54, 1.807) is 7.11 Å². The molecule has 7 heteroatoms. The summed E-state index contributed by atoms with van der Waals surface area (Å²) in [6, 6.07) is 28.4. The van der Waals surface area contributed by atoms with Crippen molar-refractivity contribution in [3.8, 4) is 5.75 Å². The number of nitrogens with zero attached hydrogens (tertiary/aromatic N) is 3. The van der Waals surface area contributed by atoms with Crippen LogP contribution in [0, 0.1) is 5.92 Å². The molecular formula is C39H57N4O3+. The highest BCUT2D eigenvalue weighted by Gasteiger charge is 2.49. The first-order valence-corrected chi connectivity index (χ1v) is 17.1. The Balaban J connectivity index is 1.15. The lowest BCUT2D eigenvalue weighted by atomic mass is 9.64. The van der Waals surface area contributed by atoms with E-state index in [4.69, 9.17) is 15.2 Å². The number of hydrogen-bond donors (Lipinski definition) is 1. The van der Waals surface area contributed by atoms with Gasteiger partial charge in [0.25, 0.3) is 0 Å². The molecule has 1 heterocycles. The molecule has 3 aromatic rings. The van der Waals surface area contributed by atoms with Crippen LogP contribution in [0.2, 0.25) is 0 Å². The van der Waals surface area contributed by atoms with E-state index in [1.165, 1.54) is 25.8 Å². The van der Waals surface area contributed by atoms with Crippen LogP contribution in [-0.4, -0.2) is 101 Å². The number of unbranched alkanes of at least 4 members (excludes halogenated alkanes) is 3. The number of nitrogens with two attached hydrogens (primary N) is 1. The molecule has 1 saturated heterocycles. The summed E-state index contributed by atoms with van der Waals surface area (Å²) in [6.07, 6.45) is 5.73. The smallest absolute Gasteiger partial charge is 0.232 e. The third-order valence-corrected chi connectivity index (χ3v) is 9.87. The molecule has 0 aliphatic carbocycles. The molecule has 0 saturated carbocycles. The normalized spacial score (nSPS) is 15.8. The van der Waals surface area contributed by atoms with Crippen LogP contribution < -0.4 is 10.5 Å². The lowest BCUT2D eigenvalue weighted by molar-refractivity contribution is -0.890. The molecule has 4 rings (SSSR count). The van der Waals surface area contributed by atoms with Gasteiger partial charge in [-0.2, -0.15) is 0 Å². The highest BCUT2D eigenvalue weighted by Crippen LogP contribution is 2.43. The van der Waals surface area contributed by atoms with E-state index in [0.717, 1.165) is 85.6 Å². The fourth-order valence-electron chi connectivity index (χ4n) is 6.99. The average Bonchev–Trinajstić information content (AvgIpc) is 3.54. The van der Waals surface area contributed by atoms with E-state index in [9.17, 15) is 4.79 Å². The second-order valence-corrected chi connectivity index (χ2v) is 13.7. The first-order valence-electron chi connectivity index (χ1n) is 17.1. The van der Waals surface area contributed by atoms with E-state index in [1.807, 2.05) is 54.6 Å². The van der Waals surface area contributed by atoms with Gasteiger partial charge in [-0.15, -0.1) is 0 Å². The minimum absolute atomic E-state index is 0.134. The van der Waals surface area contributed by atoms with Gasteiger partial charge in [0.15, 0.2) is 0 Å². The number of amides is 1. The highest BCUT2D eigenvalue weighted by molar-refractivity contribution is 5.91. The molecule has 0 aromatic heterocycles. The van der Waals surface area contributed by atoms with E-state index in [2.05, 4.69) is 61.3 Å². The molecule has 46 heavy (non-hydrogen) atoms. The number of carbonyl (C=O) groups excluding carboxylic acids is 1. The van der Waals surface area contributed by atoms with Gasteiger partial charge in [-0.25, -0.2) is 0 Å². The fourth-order valence-corrected chi connectivity index (χ4v) is 6.99. The molecule has 2 N–H and O–H groups in total. The first kappa shape index (κ1) is 35.6. The van der Waals surface area contributed by atoms with Crippen LogP contribution in [0.1, 0.15) is 48.8 Å². The molecule has 1 aliphatic heterocycles. The van der Waals surface area contributed by atoms with E-state index < -0.39 is 5.41 Å². The number of methoxy groups -OCH3 is 1. The van der Waals surface area contributed by atoms with Crippen molar-refractivity contribution in [2.24, 2.45) is 11.7 Å². The molecule has 1 aliphatic rings. The molecule has 0 bridgehead atoms. The van der Waals surface area contributed by atoms with Crippen molar-refractivity contribution in [1.29, 1.82) is 0 Å². The summed E-state index contributed by atoms with van der Waals surface area (Å²) >= 11 is 0. The molecule has 0 radical (unpaired) electrons. The second kappa shape index (κ2) is 17.6. The molecule has 1 unspecified atom stereocenters.